The minimum Gasteiger partial charge on any atom is -0.278 e. The van der Waals surface area contributed by atoms with Crippen LogP contribution < -0.4 is 4.91 Å². The van der Waals surface area contributed by atoms with Crippen LogP contribution in [0.2, 0.25) is 0 Å². The molecule has 0 spiro atoms. The molecule has 2 rings (SSSR count). The van der Waals surface area contributed by atoms with Crippen LogP contribution in [0.5, 0.6) is 0 Å². The van der Waals surface area contributed by atoms with Gasteiger partial charge in [-0.25, -0.2) is 0 Å². The van der Waals surface area contributed by atoms with E-state index < -0.39 is 0 Å². The van der Waals surface area contributed by atoms with Gasteiger partial charge in [-0.15, -0.1) is 0 Å². The Morgan fingerprint density at radius 3 is 3.25 bits per heavy atom. The maximum Gasteiger partial charge on any atom is 0.220 e. The van der Waals surface area contributed by atoms with Crippen molar-refractivity contribution in [3.8, 4) is 0 Å². The zero-order chi connectivity index (χ0) is 8.39. The van der Waals surface area contributed by atoms with Crippen LogP contribution in [0.3, 0.4) is 0 Å². The molecule has 1 aromatic carbocycles. The molecule has 0 radical (unpaired) electrons. The van der Waals surface area contributed by atoms with Gasteiger partial charge in [0.25, 0.3) is 0 Å². The Labute approximate surface area is 67.6 Å². The predicted octanol–water partition coefficient (Wildman–Crippen LogP) is 1.74. The maximum absolute atomic E-state index is 6.60. The number of H-pyrrole nitrogens is 1. The van der Waals surface area contributed by atoms with E-state index in [0.717, 1.165) is 10.9 Å². The van der Waals surface area contributed by atoms with Crippen LogP contribution in [0.25, 0.3) is 10.9 Å². The minimum absolute atomic E-state index is 0.663. The fourth-order valence-electron chi connectivity index (χ4n) is 1.09. The Bertz CT molecular complexity index is 452. The van der Waals surface area contributed by atoms with Crippen LogP contribution in [0.15, 0.2) is 29.5 Å². The Balaban J connectivity index is 2.81. The molecular formula is C7H6N5+. The lowest BCUT2D eigenvalue weighted by molar-refractivity contribution is 0.995. The molecule has 2 N–H and O–H groups in total. The van der Waals surface area contributed by atoms with Crippen LogP contribution in [0.4, 0.5) is 5.69 Å². The number of fused-ring (bicyclic) bond motifs is 1. The van der Waals surface area contributed by atoms with Gasteiger partial charge in [-0.05, 0) is 12.1 Å². The average Bonchev–Trinajstić information content (AvgIpc) is 2.53. The van der Waals surface area contributed by atoms with Crippen molar-refractivity contribution in [3.05, 3.63) is 24.4 Å². The summed E-state index contributed by atoms with van der Waals surface area (Å²) < 4.78 is 0. The molecule has 2 aromatic rings. The first-order chi connectivity index (χ1) is 5.92. The second-order valence-electron chi connectivity index (χ2n) is 2.31. The normalized spacial score (nSPS) is 9.67. The van der Waals surface area contributed by atoms with Crippen molar-refractivity contribution in [1.29, 1.82) is 5.53 Å². The lowest BCUT2D eigenvalue weighted by atomic mass is 10.2. The molecule has 0 bridgehead atoms. The predicted molar refractivity (Wildman–Crippen MR) is 43.0 cm³/mol. The van der Waals surface area contributed by atoms with Crippen molar-refractivity contribution in [2.75, 3.05) is 0 Å². The first-order valence-electron chi connectivity index (χ1n) is 3.41. The molecule has 0 saturated carbocycles. The second kappa shape index (κ2) is 2.56. The summed E-state index contributed by atoms with van der Waals surface area (Å²) in [5.41, 5.74) is 8.16. The van der Waals surface area contributed by atoms with E-state index in [2.05, 4.69) is 20.2 Å². The molecule has 1 heterocycles. The highest BCUT2D eigenvalue weighted by molar-refractivity contribution is 5.88. The van der Waals surface area contributed by atoms with Crippen LogP contribution in [-0.4, -0.2) is 10.2 Å². The van der Waals surface area contributed by atoms with E-state index in [1.54, 1.807) is 12.3 Å². The minimum atomic E-state index is 0.663. The average molecular weight is 160 g/mol. The van der Waals surface area contributed by atoms with Gasteiger partial charge in [-0.2, -0.15) is 5.10 Å². The van der Waals surface area contributed by atoms with Crippen molar-refractivity contribution in [2.24, 2.45) is 5.11 Å². The lowest BCUT2D eigenvalue weighted by Crippen LogP contribution is -1.68. The smallest absolute Gasteiger partial charge is 0.220 e. The van der Waals surface area contributed by atoms with Crippen molar-refractivity contribution in [3.63, 3.8) is 0 Å². The summed E-state index contributed by atoms with van der Waals surface area (Å²) in [5, 5.41) is 11.2. The molecule has 0 aliphatic heterocycles. The van der Waals surface area contributed by atoms with Gasteiger partial charge in [0, 0.05) is 0 Å². The Hall–Kier alpha value is -2.00. The molecule has 5 nitrogen and oxygen atoms in total. The summed E-state index contributed by atoms with van der Waals surface area (Å²) in [7, 11) is 0. The standard InChI is InChI=1S/C7H5N5/c8-12-11-7-3-1-2-6-5(7)4-9-10-6/h1-4,8H/p+1. The highest BCUT2D eigenvalue weighted by atomic mass is 15.1. The first-order valence-corrected chi connectivity index (χ1v) is 3.41. The Morgan fingerprint density at radius 2 is 2.42 bits per heavy atom. The van der Waals surface area contributed by atoms with Gasteiger partial charge < -0.3 is 0 Å². The van der Waals surface area contributed by atoms with E-state index in [-0.39, 0.29) is 0 Å². The molecule has 0 aliphatic rings. The third-order valence-corrected chi connectivity index (χ3v) is 1.62. The van der Waals surface area contributed by atoms with Crippen LogP contribution in [0.1, 0.15) is 0 Å². The van der Waals surface area contributed by atoms with E-state index in [0.29, 0.717) is 5.69 Å². The van der Waals surface area contributed by atoms with Gasteiger partial charge in [0.2, 0.25) is 4.91 Å². The monoisotopic (exact) mass is 160 g/mol. The fraction of sp³-hybridized carbons (Fsp3) is 0. The number of aromatic nitrogens is 2. The number of hydrogen-bond donors (Lipinski definition) is 2. The third kappa shape index (κ3) is 0.889. The second-order valence-corrected chi connectivity index (χ2v) is 2.31. The van der Waals surface area contributed by atoms with E-state index in [9.17, 15) is 0 Å². The van der Waals surface area contributed by atoms with Gasteiger partial charge in [0.05, 0.1) is 17.1 Å². The fourth-order valence-corrected chi connectivity index (χ4v) is 1.09. The van der Waals surface area contributed by atoms with Crippen LogP contribution in [0, 0.1) is 5.53 Å². The largest absolute Gasteiger partial charge is 0.278 e. The molecule has 12 heavy (non-hydrogen) atoms. The zero-order valence-corrected chi connectivity index (χ0v) is 6.15. The topological polar surface area (TPSA) is 79.0 Å². The molecule has 1 aromatic heterocycles. The zero-order valence-electron chi connectivity index (χ0n) is 6.15. The van der Waals surface area contributed by atoms with Crippen LogP contribution in [-0.2, 0) is 0 Å². The SMILES string of the molecule is N=[N+]=Nc1cccc2[nH]ncc12. The number of rotatable bonds is 1. The van der Waals surface area contributed by atoms with E-state index in [4.69, 9.17) is 5.53 Å². The Morgan fingerprint density at radius 1 is 1.50 bits per heavy atom. The van der Waals surface area contributed by atoms with Crippen molar-refractivity contribution in [2.45, 2.75) is 0 Å². The third-order valence-electron chi connectivity index (χ3n) is 1.62. The highest BCUT2D eigenvalue weighted by Gasteiger charge is 2.03. The molecular weight excluding hydrogens is 154 g/mol. The van der Waals surface area contributed by atoms with Crippen molar-refractivity contribution >= 4 is 16.6 Å². The highest BCUT2D eigenvalue weighted by Crippen LogP contribution is 2.22. The molecule has 0 amide bonds. The molecule has 0 fully saturated rings. The van der Waals surface area contributed by atoms with E-state index in [1.165, 1.54) is 0 Å². The van der Waals surface area contributed by atoms with E-state index in [1.807, 2.05) is 12.1 Å². The van der Waals surface area contributed by atoms with Gasteiger partial charge in [0.1, 0.15) is 5.53 Å². The quantitative estimate of drug-likeness (QED) is 0.483. The number of aromatic amines is 1. The Kier molecular flexibility index (Phi) is 1.43. The van der Waals surface area contributed by atoms with Crippen molar-refractivity contribution in [1.82, 2.24) is 15.1 Å². The van der Waals surface area contributed by atoms with Crippen molar-refractivity contribution < 1.29 is 0 Å². The summed E-state index contributed by atoms with van der Waals surface area (Å²) in [4.78, 5) is 2.97. The summed E-state index contributed by atoms with van der Waals surface area (Å²) in [6, 6.07) is 5.52. The van der Waals surface area contributed by atoms with E-state index >= 15 is 0 Å². The molecule has 0 saturated heterocycles. The van der Waals surface area contributed by atoms with Gasteiger partial charge in [-0.1, -0.05) is 6.07 Å². The molecule has 5 heteroatoms. The summed E-state index contributed by atoms with van der Waals surface area (Å²) in [6.45, 7) is 0. The molecule has 58 valence electrons. The maximum atomic E-state index is 6.60. The van der Waals surface area contributed by atoms with Gasteiger partial charge in [0.15, 0.2) is 10.8 Å². The number of nitrogens with one attached hydrogen (secondary N) is 2. The summed E-state index contributed by atoms with van der Waals surface area (Å²) in [5.74, 6) is 0. The number of hydrogen-bond acceptors (Lipinski definition) is 3. The number of benzene rings is 1. The van der Waals surface area contributed by atoms with Gasteiger partial charge in [-0.3, -0.25) is 5.10 Å². The molecule has 0 atom stereocenters. The lowest BCUT2D eigenvalue weighted by Gasteiger charge is -1.85. The van der Waals surface area contributed by atoms with Crippen LogP contribution >= 0.6 is 0 Å². The summed E-state index contributed by atoms with van der Waals surface area (Å²) in [6.07, 6.45) is 1.67. The first kappa shape index (κ1) is 6.69. The molecule has 0 aliphatic carbocycles. The molecule has 0 unspecified atom stereocenters. The van der Waals surface area contributed by atoms with Gasteiger partial charge >= 0.3 is 0 Å². The summed E-state index contributed by atoms with van der Waals surface area (Å²) >= 11 is 0. The number of nitrogens with zero attached hydrogens (tertiary/aromatic N) is 3.